The van der Waals surface area contributed by atoms with Crippen molar-refractivity contribution in [2.75, 3.05) is 11.9 Å². The number of ether oxygens (including phenoxy) is 1. The van der Waals surface area contributed by atoms with Crippen molar-refractivity contribution in [3.8, 4) is 5.75 Å². The van der Waals surface area contributed by atoms with Crippen LogP contribution >= 0.6 is 0 Å². The van der Waals surface area contributed by atoms with Crippen molar-refractivity contribution in [3.05, 3.63) is 99.1 Å². The number of amides is 2. The van der Waals surface area contributed by atoms with Crippen LogP contribution in [0.1, 0.15) is 27.0 Å². The van der Waals surface area contributed by atoms with Gasteiger partial charge >= 0.3 is 0 Å². The molecule has 3 aromatic rings. The van der Waals surface area contributed by atoms with Gasteiger partial charge in [-0.05, 0) is 60.9 Å². The lowest BCUT2D eigenvalue weighted by Gasteiger charge is -2.11. The van der Waals surface area contributed by atoms with Crippen LogP contribution in [0.3, 0.4) is 0 Å². The highest BCUT2D eigenvalue weighted by Gasteiger charge is 2.10. The van der Waals surface area contributed by atoms with Crippen LogP contribution in [-0.4, -0.2) is 23.3 Å². The van der Waals surface area contributed by atoms with Crippen molar-refractivity contribution in [1.29, 1.82) is 0 Å². The SMILES string of the molecule is Cc1cccc(NC(=O)c2ccc(OCC(=O)NCc3ccc([N+](=O)[O-])cc3)cc2)c1C. The second-order valence-corrected chi connectivity index (χ2v) is 7.21. The zero-order chi connectivity index (χ0) is 23.1. The molecule has 0 aromatic heterocycles. The molecule has 0 aliphatic carbocycles. The Morgan fingerprint density at radius 1 is 0.969 bits per heavy atom. The van der Waals surface area contributed by atoms with Crippen molar-refractivity contribution in [3.63, 3.8) is 0 Å². The van der Waals surface area contributed by atoms with E-state index in [1.807, 2.05) is 32.0 Å². The van der Waals surface area contributed by atoms with Gasteiger partial charge in [-0.1, -0.05) is 24.3 Å². The van der Waals surface area contributed by atoms with Gasteiger partial charge in [0.15, 0.2) is 6.61 Å². The highest BCUT2D eigenvalue weighted by molar-refractivity contribution is 6.04. The largest absolute Gasteiger partial charge is 0.484 e. The predicted molar refractivity (Wildman–Crippen MR) is 121 cm³/mol. The van der Waals surface area contributed by atoms with Crippen molar-refractivity contribution >= 4 is 23.2 Å². The molecule has 0 atom stereocenters. The third-order valence-corrected chi connectivity index (χ3v) is 4.98. The van der Waals surface area contributed by atoms with Crippen LogP contribution in [0.4, 0.5) is 11.4 Å². The van der Waals surface area contributed by atoms with E-state index in [2.05, 4.69) is 10.6 Å². The van der Waals surface area contributed by atoms with Crippen molar-refractivity contribution in [1.82, 2.24) is 5.32 Å². The fraction of sp³-hybridized carbons (Fsp3) is 0.167. The number of carbonyl (C=O) groups is 2. The average Bonchev–Trinajstić information content (AvgIpc) is 2.80. The van der Waals surface area contributed by atoms with E-state index >= 15 is 0 Å². The molecular weight excluding hydrogens is 410 g/mol. The number of nitro benzene ring substituents is 1. The minimum atomic E-state index is -0.477. The first-order valence-corrected chi connectivity index (χ1v) is 9.94. The molecule has 2 N–H and O–H groups in total. The minimum absolute atomic E-state index is 0.00504. The Hall–Kier alpha value is -4.20. The highest BCUT2D eigenvalue weighted by Crippen LogP contribution is 2.20. The molecule has 0 radical (unpaired) electrons. The molecule has 32 heavy (non-hydrogen) atoms. The van der Waals surface area contributed by atoms with Crippen LogP contribution < -0.4 is 15.4 Å². The monoisotopic (exact) mass is 433 g/mol. The molecule has 0 saturated heterocycles. The normalized spacial score (nSPS) is 10.3. The summed E-state index contributed by atoms with van der Waals surface area (Å²) in [4.78, 5) is 34.7. The summed E-state index contributed by atoms with van der Waals surface area (Å²) in [6, 6.07) is 18.2. The van der Waals surface area contributed by atoms with Gasteiger partial charge in [-0.3, -0.25) is 19.7 Å². The predicted octanol–water partition coefficient (Wildman–Crippen LogP) is 4.16. The number of non-ortho nitro benzene ring substituents is 1. The quantitative estimate of drug-likeness (QED) is 0.409. The maximum atomic E-state index is 12.5. The molecule has 164 valence electrons. The Morgan fingerprint density at radius 2 is 1.66 bits per heavy atom. The number of nitrogens with zero attached hydrogens (tertiary/aromatic N) is 1. The van der Waals surface area contributed by atoms with Gasteiger partial charge < -0.3 is 15.4 Å². The second kappa shape index (κ2) is 10.2. The van der Waals surface area contributed by atoms with Crippen LogP contribution in [0, 0.1) is 24.0 Å². The van der Waals surface area contributed by atoms with E-state index in [1.165, 1.54) is 12.1 Å². The van der Waals surface area contributed by atoms with Gasteiger partial charge in [-0.25, -0.2) is 0 Å². The molecular formula is C24H23N3O5. The first-order chi connectivity index (χ1) is 15.3. The zero-order valence-corrected chi connectivity index (χ0v) is 17.8. The number of anilines is 1. The summed E-state index contributed by atoms with van der Waals surface area (Å²) >= 11 is 0. The lowest BCUT2D eigenvalue weighted by molar-refractivity contribution is -0.384. The molecule has 8 nitrogen and oxygen atoms in total. The Labute approximate surface area is 185 Å². The van der Waals surface area contributed by atoms with E-state index < -0.39 is 4.92 Å². The molecule has 0 saturated carbocycles. The standard InChI is InChI=1S/C24H23N3O5/c1-16-4-3-5-22(17(16)2)26-24(29)19-8-12-21(13-9-19)32-15-23(28)25-14-18-6-10-20(11-7-18)27(30)31/h3-13H,14-15H2,1-2H3,(H,25,28)(H,26,29). The van der Waals surface area contributed by atoms with Gasteiger partial charge in [-0.2, -0.15) is 0 Å². The third kappa shape index (κ3) is 5.91. The minimum Gasteiger partial charge on any atom is -0.484 e. The van der Waals surface area contributed by atoms with Gasteiger partial charge in [-0.15, -0.1) is 0 Å². The van der Waals surface area contributed by atoms with Gasteiger partial charge in [0.25, 0.3) is 17.5 Å². The molecule has 3 aromatic carbocycles. The molecule has 0 spiro atoms. The van der Waals surface area contributed by atoms with E-state index in [0.29, 0.717) is 11.3 Å². The Balaban J connectivity index is 1.47. The van der Waals surface area contributed by atoms with Crippen LogP contribution in [0.5, 0.6) is 5.75 Å². The molecule has 0 heterocycles. The number of nitro groups is 1. The molecule has 0 aliphatic heterocycles. The van der Waals surface area contributed by atoms with Gasteiger partial charge in [0.05, 0.1) is 4.92 Å². The first kappa shape index (κ1) is 22.5. The van der Waals surface area contributed by atoms with Crippen molar-refractivity contribution in [2.45, 2.75) is 20.4 Å². The van der Waals surface area contributed by atoms with Crippen molar-refractivity contribution < 1.29 is 19.2 Å². The Kier molecular flexibility index (Phi) is 7.17. The summed E-state index contributed by atoms with van der Waals surface area (Å²) in [5.74, 6) is -0.107. The summed E-state index contributed by atoms with van der Waals surface area (Å²) < 4.78 is 5.46. The maximum Gasteiger partial charge on any atom is 0.269 e. The summed E-state index contributed by atoms with van der Waals surface area (Å²) in [5.41, 5.74) is 4.08. The Morgan fingerprint density at radius 3 is 2.31 bits per heavy atom. The van der Waals surface area contributed by atoms with Gasteiger partial charge in [0, 0.05) is 29.9 Å². The number of hydrogen-bond donors (Lipinski definition) is 2. The highest BCUT2D eigenvalue weighted by atomic mass is 16.6. The molecule has 0 fully saturated rings. The Bertz CT molecular complexity index is 1130. The topological polar surface area (TPSA) is 111 Å². The molecule has 2 amide bonds. The molecule has 0 bridgehead atoms. The number of rotatable bonds is 8. The van der Waals surface area contributed by atoms with E-state index in [0.717, 1.165) is 22.4 Å². The molecule has 3 rings (SSSR count). The van der Waals surface area contributed by atoms with Crippen molar-refractivity contribution in [2.24, 2.45) is 0 Å². The summed E-state index contributed by atoms with van der Waals surface area (Å²) in [6.45, 7) is 3.98. The van der Waals surface area contributed by atoms with Crippen LogP contribution in [0.15, 0.2) is 66.7 Å². The summed E-state index contributed by atoms with van der Waals surface area (Å²) in [7, 11) is 0. The lowest BCUT2D eigenvalue weighted by atomic mass is 10.1. The van der Waals surface area contributed by atoms with E-state index in [1.54, 1.807) is 36.4 Å². The summed E-state index contributed by atoms with van der Waals surface area (Å²) in [5, 5.41) is 16.2. The fourth-order valence-corrected chi connectivity index (χ4v) is 2.92. The average molecular weight is 433 g/mol. The van der Waals surface area contributed by atoms with E-state index in [4.69, 9.17) is 4.74 Å². The number of benzene rings is 3. The number of nitrogens with one attached hydrogen (secondary N) is 2. The van der Waals surface area contributed by atoms with Crippen LogP contribution in [-0.2, 0) is 11.3 Å². The fourth-order valence-electron chi connectivity index (χ4n) is 2.92. The van der Waals surface area contributed by atoms with Crippen LogP contribution in [0.25, 0.3) is 0 Å². The lowest BCUT2D eigenvalue weighted by Crippen LogP contribution is -2.28. The first-order valence-electron chi connectivity index (χ1n) is 9.94. The second-order valence-electron chi connectivity index (χ2n) is 7.21. The van der Waals surface area contributed by atoms with Gasteiger partial charge in [0.2, 0.25) is 0 Å². The smallest absolute Gasteiger partial charge is 0.269 e. The molecule has 8 heteroatoms. The maximum absolute atomic E-state index is 12.5. The number of aryl methyl sites for hydroxylation is 1. The van der Waals surface area contributed by atoms with E-state index in [-0.39, 0.29) is 30.7 Å². The zero-order valence-electron chi connectivity index (χ0n) is 17.8. The number of hydrogen-bond acceptors (Lipinski definition) is 5. The van der Waals surface area contributed by atoms with E-state index in [9.17, 15) is 19.7 Å². The molecule has 0 aliphatic rings. The van der Waals surface area contributed by atoms with Crippen LogP contribution in [0.2, 0.25) is 0 Å². The molecule has 0 unspecified atom stereocenters. The third-order valence-electron chi connectivity index (χ3n) is 4.98. The number of carbonyl (C=O) groups excluding carboxylic acids is 2. The van der Waals surface area contributed by atoms with Gasteiger partial charge in [0.1, 0.15) is 5.75 Å². The summed E-state index contributed by atoms with van der Waals surface area (Å²) in [6.07, 6.45) is 0.